The Labute approximate surface area is 43.8 Å². The van der Waals surface area contributed by atoms with E-state index in [1.807, 2.05) is 6.21 Å². The van der Waals surface area contributed by atoms with Gasteiger partial charge in [0.15, 0.2) is 0 Å². The molecule has 0 N–H and O–H groups in total. The quantitative estimate of drug-likeness (QED) is 0.403. The van der Waals surface area contributed by atoms with Crippen LogP contribution >= 0.6 is 0 Å². The van der Waals surface area contributed by atoms with E-state index in [1.54, 1.807) is 0 Å². The van der Waals surface area contributed by atoms with Gasteiger partial charge in [-0.2, -0.15) is 0 Å². The van der Waals surface area contributed by atoms with E-state index in [4.69, 9.17) is 0 Å². The lowest BCUT2D eigenvalue weighted by molar-refractivity contribution is 0.906. The van der Waals surface area contributed by atoms with Gasteiger partial charge in [0, 0.05) is 19.2 Å². The van der Waals surface area contributed by atoms with Gasteiger partial charge in [-0.3, -0.25) is 4.99 Å². The molecule has 0 unspecified atom stereocenters. The van der Waals surface area contributed by atoms with E-state index in [0.29, 0.717) is 0 Å². The smallest absolute Gasteiger partial charge is 0.0422 e. The third kappa shape index (κ3) is 1.15. The van der Waals surface area contributed by atoms with Crippen LogP contribution in [0, 0.1) is 0 Å². The lowest BCUT2D eigenvalue weighted by atomic mass is 10.1. The normalized spacial score (nSPS) is 20.3. The molecule has 0 saturated heterocycles. The molecular formula is C6H9N. The van der Waals surface area contributed by atoms with Gasteiger partial charge in [0.1, 0.15) is 0 Å². The molecule has 0 bridgehead atoms. The van der Waals surface area contributed by atoms with Crippen molar-refractivity contribution < 1.29 is 0 Å². The lowest BCUT2D eigenvalue weighted by Crippen LogP contribution is -1.93. The highest BCUT2D eigenvalue weighted by Crippen LogP contribution is 2.05. The fourth-order valence-corrected chi connectivity index (χ4v) is 0.610. The highest BCUT2D eigenvalue weighted by atomic mass is 14.7. The predicted octanol–water partition coefficient (Wildman–Crippen LogP) is 1.41. The van der Waals surface area contributed by atoms with Crippen molar-refractivity contribution in [1.82, 2.24) is 0 Å². The average Bonchev–Trinajstić information content (AvgIpc) is 1.69. The second kappa shape index (κ2) is 1.92. The van der Waals surface area contributed by atoms with E-state index in [2.05, 4.69) is 11.6 Å². The first-order chi connectivity index (χ1) is 3.39. The van der Waals surface area contributed by atoms with Gasteiger partial charge in [0.2, 0.25) is 0 Å². The van der Waals surface area contributed by atoms with Gasteiger partial charge >= 0.3 is 0 Å². The standard InChI is InChI=1S/C6H9N/c1-6-2-4-7-5-3-6/h4H,1-3,5H2. The van der Waals surface area contributed by atoms with Crippen molar-refractivity contribution in [2.75, 3.05) is 6.54 Å². The molecule has 0 atom stereocenters. The highest BCUT2D eigenvalue weighted by molar-refractivity contribution is 5.62. The van der Waals surface area contributed by atoms with Crippen LogP contribution < -0.4 is 0 Å². The Hall–Kier alpha value is -0.590. The van der Waals surface area contributed by atoms with Crippen molar-refractivity contribution in [2.24, 2.45) is 4.99 Å². The van der Waals surface area contributed by atoms with Crippen LogP contribution in [0.15, 0.2) is 17.1 Å². The van der Waals surface area contributed by atoms with Crippen LogP contribution in [0.3, 0.4) is 0 Å². The van der Waals surface area contributed by atoms with E-state index in [0.717, 1.165) is 19.4 Å². The molecule has 0 aromatic rings. The maximum absolute atomic E-state index is 4.04. The number of hydrogen-bond acceptors (Lipinski definition) is 1. The zero-order valence-electron chi connectivity index (χ0n) is 4.35. The summed E-state index contributed by atoms with van der Waals surface area (Å²) in [7, 11) is 0. The minimum absolute atomic E-state index is 0.957. The molecule has 1 heteroatoms. The lowest BCUT2D eigenvalue weighted by Gasteiger charge is -2.02. The molecular weight excluding hydrogens is 86.1 g/mol. The van der Waals surface area contributed by atoms with Gasteiger partial charge in [-0.25, -0.2) is 0 Å². The molecule has 38 valence electrons. The van der Waals surface area contributed by atoms with E-state index >= 15 is 0 Å². The fourth-order valence-electron chi connectivity index (χ4n) is 0.610. The van der Waals surface area contributed by atoms with Gasteiger partial charge in [-0.15, -0.1) is 0 Å². The maximum Gasteiger partial charge on any atom is 0.0422 e. The summed E-state index contributed by atoms with van der Waals surface area (Å²) in [5, 5.41) is 0. The maximum atomic E-state index is 4.04. The van der Waals surface area contributed by atoms with Gasteiger partial charge in [0.05, 0.1) is 0 Å². The van der Waals surface area contributed by atoms with Crippen LogP contribution in [0.2, 0.25) is 0 Å². The SMILES string of the molecule is C=C1CC=NCC1. The van der Waals surface area contributed by atoms with Crippen LogP contribution in [-0.4, -0.2) is 12.8 Å². The van der Waals surface area contributed by atoms with E-state index < -0.39 is 0 Å². The second-order valence-corrected chi connectivity index (χ2v) is 1.79. The van der Waals surface area contributed by atoms with Crippen molar-refractivity contribution in [3.8, 4) is 0 Å². The Balaban J connectivity index is 2.47. The molecule has 0 radical (unpaired) electrons. The molecule has 0 aromatic carbocycles. The minimum Gasteiger partial charge on any atom is -0.297 e. The van der Waals surface area contributed by atoms with Crippen molar-refractivity contribution in [3.05, 3.63) is 12.2 Å². The molecule has 0 aliphatic carbocycles. The molecule has 0 aromatic heterocycles. The summed E-state index contributed by atoms with van der Waals surface area (Å²) >= 11 is 0. The monoisotopic (exact) mass is 95.1 g/mol. The fraction of sp³-hybridized carbons (Fsp3) is 0.500. The molecule has 1 rings (SSSR count). The van der Waals surface area contributed by atoms with Crippen LogP contribution in [-0.2, 0) is 0 Å². The number of hydrogen-bond donors (Lipinski definition) is 0. The Kier molecular flexibility index (Phi) is 1.25. The molecule has 1 heterocycles. The van der Waals surface area contributed by atoms with Crippen LogP contribution in [0.25, 0.3) is 0 Å². The molecule has 0 amide bonds. The first kappa shape index (κ1) is 4.57. The summed E-state index contributed by atoms with van der Waals surface area (Å²) in [6.07, 6.45) is 4.03. The first-order valence-electron chi connectivity index (χ1n) is 2.54. The van der Waals surface area contributed by atoms with E-state index in [9.17, 15) is 0 Å². The third-order valence-corrected chi connectivity index (χ3v) is 1.10. The Bertz CT molecular complexity index is 103. The summed E-state index contributed by atoms with van der Waals surface area (Å²) in [4.78, 5) is 4.04. The van der Waals surface area contributed by atoms with Crippen LogP contribution in [0.5, 0.6) is 0 Å². The van der Waals surface area contributed by atoms with Crippen molar-refractivity contribution in [1.29, 1.82) is 0 Å². The Morgan fingerprint density at radius 1 is 1.71 bits per heavy atom. The van der Waals surface area contributed by atoms with Gasteiger partial charge in [-0.05, 0) is 6.42 Å². The number of aliphatic imine (C=N–C) groups is 1. The highest BCUT2D eigenvalue weighted by Gasteiger charge is 1.94. The van der Waals surface area contributed by atoms with Gasteiger partial charge < -0.3 is 0 Å². The van der Waals surface area contributed by atoms with Crippen LogP contribution in [0.4, 0.5) is 0 Å². The molecule has 1 nitrogen and oxygen atoms in total. The summed E-state index contributed by atoms with van der Waals surface area (Å²) in [6, 6.07) is 0. The zero-order valence-corrected chi connectivity index (χ0v) is 4.35. The molecule has 1 aliphatic heterocycles. The minimum atomic E-state index is 0.957. The number of nitrogens with zero attached hydrogens (tertiary/aromatic N) is 1. The zero-order chi connectivity index (χ0) is 5.11. The molecule has 0 fully saturated rings. The summed E-state index contributed by atoms with van der Waals surface area (Å²) in [5.41, 5.74) is 1.31. The number of rotatable bonds is 0. The Morgan fingerprint density at radius 2 is 2.57 bits per heavy atom. The second-order valence-electron chi connectivity index (χ2n) is 1.79. The summed E-state index contributed by atoms with van der Waals surface area (Å²) < 4.78 is 0. The molecule has 7 heavy (non-hydrogen) atoms. The van der Waals surface area contributed by atoms with E-state index in [1.165, 1.54) is 5.57 Å². The topological polar surface area (TPSA) is 12.4 Å². The third-order valence-electron chi connectivity index (χ3n) is 1.10. The van der Waals surface area contributed by atoms with Gasteiger partial charge in [-0.1, -0.05) is 12.2 Å². The molecule has 1 aliphatic rings. The van der Waals surface area contributed by atoms with Gasteiger partial charge in [0.25, 0.3) is 0 Å². The largest absolute Gasteiger partial charge is 0.297 e. The van der Waals surface area contributed by atoms with Crippen LogP contribution in [0.1, 0.15) is 12.8 Å². The van der Waals surface area contributed by atoms with Crippen molar-refractivity contribution in [2.45, 2.75) is 12.8 Å². The van der Waals surface area contributed by atoms with Crippen molar-refractivity contribution >= 4 is 6.21 Å². The molecule has 0 saturated carbocycles. The predicted molar refractivity (Wildman–Crippen MR) is 31.7 cm³/mol. The first-order valence-corrected chi connectivity index (χ1v) is 2.54. The Morgan fingerprint density at radius 3 is 2.86 bits per heavy atom. The van der Waals surface area contributed by atoms with E-state index in [-0.39, 0.29) is 0 Å². The molecule has 0 spiro atoms. The summed E-state index contributed by atoms with van der Waals surface area (Å²) in [6.45, 7) is 4.78. The summed E-state index contributed by atoms with van der Waals surface area (Å²) in [5.74, 6) is 0. The average molecular weight is 95.1 g/mol. The van der Waals surface area contributed by atoms with Crippen molar-refractivity contribution in [3.63, 3.8) is 0 Å².